The van der Waals surface area contributed by atoms with E-state index in [9.17, 15) is 21.6 Å². The van der Waals surface area contributed by atoms with E-state index in [0.29, 0.717) is 18.6 Å². The van der Waals surface area contributed by atoms with Crippen molar-refractivity contribution >= 4 is 21.6 Å². The number of rotatable bonds is 5. The molecule has 1 unspecified atom stereocenters. The van der Waals surface area contributed by atoms with Gasteiger partial charge in [0.05, 0.1) is 0 Å². The molecule has 3 nitrogen and oxygen atoms in total. The zero-order valence-electron chi connectivity index (χ0n) is 10.3. The number of hydrogen-bond acceptors (Lipinski definition) is 2. The maximum Gasteiger partial charge on any atom is 0.246 e. The summed E-state index contributed by atoms with van der Waals surface area (Å²) >= 11 is 5.63. The Bertz CT molecular complexity index is 550. The van der Waals surface area contributed by atoms with Crippen molar-refractivity contribution < 1.29 is 21.6 Å². The molecule has 1 rings (SSSR count). The fourth-order valence-electron chi connectivity index (χ4n) is 1.36. The van der Waals surface area contributed by atoms with E-state index in [1.54, 1.807) is 6.92 Å². The molecule has 0 amide bonds. The van der Waals surface area contributed by atoms with E-state index in [1.165, 1.54) is 6.92 Å². The van der Waals surface area contributed by atoms with Gasteiger partial charge in [-0.2, -0.15) is 0 Å². The zero-order chi connectivity index (χ0) is 14.8. The van der Waals surface area contributed by atoms with E-state index in [0.717, 1.165) is 0 Å². The summed E-state index contributed by atoms with van der Waals surface area (Å²) in [5, 5.41) is 0. The van der Waals surface area contributed by atoms with Crippen LogP contribution in [0.1, 0.15) is 20.3 Å². The highest BCUT2D eigenvalue weighted by atomic mass is 35.5. The minimum Gasteiger partial charge on any atom is -0.207 e. The number of benzene rings is 1. The summed E-state index contributed by atoms with van der Waals surface area (Å²) in [5.74, 6) is -4.24. The molecule has 19 heavy (non-hydrogen) atoms. The van der Waals surface area contributed by atoms with Crippen LogP contribution in [0.2, 0.25) is 0 Å². The predicted molar refractivity (Wildman–Crippen MR) is 66.1 cm³/mol. The molecule has 0 saturated carbocycles. The number of nitrogens with one attached hydrogen (secondary N) is 1. The fourth-order valence-corrected chi connectivity index (χ4v) is 3.29. The van der Waals surface area contributed by atoms with Crippen LogP contribution in [0.5, 0.6) is 0 Å². The molecule has 0 bridgehead atoms. The van der Waals surface area contributed by atoms with Crippen LogP contribution in [0.4, 0.5) is 13.2 Å². The van der Waals surface area contributed by atoms with Crippen LogP contribution in [0.25, 0.3) is 0 Å². The van der Waals surface area contributed by atoms with Gasteiger partial charge < -0.3 is 0 Å². The van der Waals surface area contributed by atoms with Crippen molar-refractivity contribution in [3.05, 3.63) is 29.6 Å². The van der Waals surface area contributed by atoms with Crippen LogP contribution in [0, 0.1) is 17.5 Å². The summed E-state index contributed by atoms with van der Waals surface area (Å²) in [6.07, 6.45) is 0.320. The second-order valence-corrected chi connectivity index (χ2v) is 6.24. The highest BCUT2D eigenvalue weighted by Crippen LogP contribution is 2.23. The quantitative estimate of drug-likeness (QED) is 0.849. The molecule has 8 heteroatoms. The van der Waals surface area contributed by atoms with Gasteiger partial charge in [-0.1, -0.05) is 6.92 Å². The summed E-state index contributed by atoms with van der Waals surface area (Å²) < 4.78 is 65.7. The SMILES string of the molecule is CCC(C)(CCl)NS(=O)(=O)c1c(F)cc(F)cc1F. The molecule has 0 radical (unpaired) electrons. The third-order valence-corrected chi connectivity index (χ3v) is 4.97. The molecule has 1 aromatic rings. The van der Waals surface area contributed by atoms with Crippen LogP contribution < -0.4 is 4.72 Å². The molecule has 1 N–H and O–H groups in total. The number of sulfonamides is 1. The van der Waals surface area contributed by atoms with Gasteiger partial charge in [-0.05, 0) is 13.3 Å². The molecular formula is C11H13ClF3NO2S. The molecule has 0 aliphatic heterocycles. The smallest absolute Gasteiger partial charge is 0.207 e. The fraction of sp³-hybridized carbons (Fsp3) is 0.455. The van der Waals surface area contributed by atoms with Crippen LogP contribution in [-0.2, 0) is 10.0 Å². The third kappa shape index (κ3) is 3.61. The Morgan fingerprint density at radius 2 is 1.74 bits per heavy atom. The molecule has 0 aromatic heterocycles. The van der Waals surface area contributed by atoms with Crippen molar-refractivity contribution in [2.75, 3.05) is 5.88 Å². The highest BCUT2D eigenvalue weighted by molar-refractivity contribution is 7.89. The van der Waals surface area contributed by atoms with Crippen LogP contribution in [-0.4, -0.2) is 19.8 Å². The van der Waals surface area contributed by atoms with Gasteiger partial charge in [-0.15, -0.1) is 11.6 Å². The minimum absolute atomic E-state index is 0.0762. The second-order valence-electron chi connectivity index (χ2n) is 4.35. The predicted octanol–water partition coefficient (Wildman–Crippen LogP) is 2.79. The van der Waals surface area contributed by atoms with Gasteiger partial charge in [0.15, 0.2) is 4.90 Å². The maximum atomic E-state index is 13.5. The number of halogens is 4. The first-order valence-electron chi connectivity index (χ1n) is 5.39. The summed E-state index contributed by atoms with van der Waals surface area (Å²) in [5.41, 5.74) is -1.05. The Labute approximate surface area is 114 Å². The highest BCUT2D eigenvalue weighted by Gasteiger charge is 2.32. The Morgan fingerprint density at radius 1 is 1.26 bits per heavy atom. The van der Waals surface area contributed by atoms with Crippen molar-refractivity contribution in [1.82, 2.24) is 4.72 Å². The van der Waals surface area contributed by atoms with Crippen molar-refractivity contribution in [2.24, 2.45) is 0 Å². The topological polar surface area (TPSA) is 46.2 Å². The minimum atomic E-state index is -4.47. The van der Waals surface area contributed by atoms with Gasteiger partial charge in [-0.3, -0.25) is 0 Å². The van der Waals surface area contributed by atoms with E-state index < -0.39 is 37.9 Å². The van der Waals surface area contributed by atoms with Crippen LogP contribution in [0.15, 0.2) is 17.0 Å². The Hall–Kier alpha value is -0.790. The van der Waals surface area contributed by atoms with Crippen molar-refractivity contribution in [3.8, 4) is 0 Å². The number of alkyl halides is 1. The lowest BCUT2D eigenvalue weighted by Crippen LogP contribution is -2.47. The Kier molecular flexibility index (Phi) is 4.86. The number of hydrogen-bond donors (Lipinski definition) is 1. The zero-order valence-corrected chi connectivity index (χ0v) is 11.9. The Morgan fingerprint density at radius 3 is 2.11 bits per heavy atom. The summed E-state index contributed by atoms with van der Waals surface area (Å²) in [7, 11) is -4.47. The van der Waals surface area contributed by atoms with E-state index in [1.807, 2.05) is 0 Å². The molecule has 0 fully saturated rings. The molecular weight excluding hydrogens is 303 g/mol. The van der Waals surface area contributed by atoms with E-state index in [2.05, 4.69) is 4.72 Å². The van der Waals surface area contributed by atoms with E-state index in [-0.39, 0.29) is 5.88 Å². The second kappa shape index (κ2) is 5.68. The molecule has 0 heterocycles. The van der Waals surface area contributed by atoms with Crippen molar-refractivity contribution in [2.45, 2.75) is 30.7 Å². The first-order chi connectivity index (χ1) is 8.65. The van der Waals surface area contributed by atoms with E-state index in [4.69, 9.17) is 11.6 Å². The van der Waals surface area contributed by atoms with E-state index >= 15 is 0 Å². The van der Waals surface area contributed by atoms with Crippen LogP contribution >= 0.6 is 11.6 Å². The molecule has 0 spiro atoms. The molecule has 1 aromatic carbocycles. The maximum absolute atomic E-state index is 13.5. The molecule has 108 valence electrons. The summed E-state index contributed by atoms with van der Waals surface area (Å²) in [6, 6.07) is 0.614. The molecule has 0 saturated heterocycles. The normalized spacial score (nSPS) is 15.3. The van der Waals surface area contributed by atoms with Gasteiger partial charge in [0, 0.05) is 23.6 Å². The van der Waals surface area contributed by atoms with Gasteiger partial charge >= 0.3 is 0 Å². The van der Waals surface area contributed by atoms with Gasteiger partial charge in [0.2, 0.25) is 10.0 Å². The monoisotopic (exact) mass is 315 g/mol. The van der Waals surface area contributed by atoms with Gasteiger partial charge in [0.25, 0.3) is 0 Å². The largest absolute Gasteiger partial charge is 0.246 e. The standard InChI is InChI=1S/C11H13ClF3NO2S/c1-3-11(2,6-12)16-19(17,18)10-8(14)4-7(13)5-9(10)15/h4-5,16H,3,6H2,1-2H3. The lowest BCUT2D eigenvalue weighted by molar-refractivity contribution is 0.436. The lowest BCUT2D eigenvalue weighted by Gasteiger charge is -2.26. The van der Waals surface area contributed by atoms with Crippen molar-refractivity contribution in [1.29, 1.82) is 0 Å². The third-order valence-electron chi connectivity index (χ3n) is 2.69. The summed E-state index contributed by atoms with van der Waals surface area (Å²) in [4.78, 5) is -1.21. The summed E-state index contributed by atoms with van der Waals surface area (Å²) in [6.45, 7) is 3.17. The van der Waals surface area contributed by atoms with Crippen LogP contribution in [0.3, 0.4) is 0 Å². The first kappa shape index (κ1) is 16.3. The molecule has 0 aliphatic carbocycles. The Balaban J connectivity index is 3.29. The molecule has 1 atom stereocenters. The molecule has 0 aliphatic rings. The lowest BCUT2D eigenvalue weighted by atomic mass is 10.0. The van der Waals surface area contributed by atoms with Gasteiger partial charge in [0.1, 0.15) is 17.5 Å². The average Bonchev–Trinajstić information content (AvgIpc) is 2.26. The van der Waals surface area contributed by atoms with Gasteiger partial charge in [-0.25, -0.2) is 26.3 Å². The first-order valence-corrected chi connectivity index (χ1v) is 7.41. The average molecular weight is 316 g/mol. The van der Waals surface area contributed by atoms with Crippen molar-refractivity contribution in [3.63, 3.8) is 0 Å².